The van der Waals surface area contributed by atoms with Crippen LogP contribution in [-0.2, 0) is 16.1 Å². The summed E-state index contributed by atoms with van der Waals surface area (Å²) in [5, 5.41) is 3.11. The van der Waals surface area contributed by atoms with Crippen LogP contribution in [0.4, 0.5) is 11.5 Å². The van der Waals surface area contributed by atoms with Crippen molar-refractivity contribution < 1.29 is 19.1 Å². The van der Waals surface area contributed by atoms with Crippen LogP contribution < -0.4 is 10.1 Å². The van der Waals surface area contributed by atoms with E-state index in [0.29, 0.717) is 25.5 Å². The van der Waals surface area contributed by atoms with Crippen LogP contribution >= 0.6 is 0 Å². The third-order valence-corrected chi connectivity index (χ3v) is 4.73. The van der Waals surface area contributed by atoms with E-state index < -0.39 is 5.97 Å². The number of benzene rings is 2. The Morgan fingerprint density at radius 1 is 0.969 bits per heavy atom. The Morgan fingerprint density at radius 3 is 2.41 bits per heavy atom. The summed E-state index contributed by atoms with van der Waals surface area (Å²) in [6.45, 7) is 5.04. The second-order valence-corrected chi connectivity index (χ2v) is 6.95. The number of anilines is 2. The van der Waals surface area contributed by atoms with Gasteiger partial charge < -0.3 is 19.7 Å². The number of ether oxygens (including phenoxy) is 2. The quantitative estimate of drug-likeness (QED) is 0.477. The molecule has 7 heteroatoms. The molecule has 0 saturated heterocycles. The molecule has 0 aliphatic carbocycles. The first-order chi connectivity index (χ1) is 15.6. The van der Waals surface area contributed by atoms with Crippen molar-refractivity contribution >= 4 is 23.4 Å². The molecule has 0 unspecified atom stereocenters. The number of carbonyl (C=O) groups excluding carboxylic acids is 2. The fraction of sp³-hybridized carbons (Fsp3) is 0.240. The average Bonchev–Trinajstić information content (AvgIpc) is 2.83. The molecule has 0 atom stereocenters. The van der Waals surface area contributed by atoms with Crippen LogP contribution in [0.5, 0.6) is 5.75 Å². The number of rotatable bonds is 10. The number of nitrogens with zero attached hydrogens (tertiary/aromatic N) is 2. The van der Waals surface area contributed by atoms with Crippen LogP contribution in [0.1, 0.15) is 29.8 Å². The highest BCUT2D eigenvalue weighted by atomic mass is 16.5. The minimum atomic E-state index is -0.615. The Kier molecular flexibility index (Phi) is 8.20. The Hall–Kier alpha value is -3.87. The number of nitrogens with one attached hydrogen (secondary N) is 1. The Morgan fingerprint density at radius 2 is 1.72 bits per heavy atom. The molecule has 3 rings (SSSR count). The van der Waals surface area contributed by atoms with Crippen molar-refractivity contribution in [2.75, 3.05) is 25.1 Å². The summed E-state index contributed by atoms with van der Waals surface area (Å²) < 4.78 is 10.7. The van der Waals surface area contributed by atoms with E-state index in [-0.39, 0.29) is 18.1 Å². The van der Waals surface area contributed by atoms with Crippen LogP contribution in [0, 0.1) is 0 Å². The molecule has 1 N–H and O–H groups in total. The van der Waals surface area contributed by atoms with Crippen LogP contribution in [0.25, 0.3) is 0 Å². The topological polar surface area (TPSA) is 80.8 Å². The lowest BCUT2D eigenvalue weighted by Crippen LogP contribution is -2.34. The minimum Gasteiger partial charge on any atom is -0.494 e. The predicted molar refractivity (Wildman–Crippen MR) is 123 cm³/mol. The lowest BCUT2D eigenvalue weighted by atomic mass is 10.2. The standard InChI is InChI=1S/C25H27N3O4/c1-3-28(17-19-9-6-5-7-10-19)23(29)18-32-25(30)22-11-8-16-26-24(22)27-20-12-14-21(15-13-20)31-4-2/h5-16H,3-4,17-18H2,1-2H3,(H,26,27). The molecule has 0 saturated carbocycles. The molecule has 2 aromatic carbocycles. The zero-order valence-electron chi connectivity index (χ0n) is 18.3. The molecule has 0 radical (unpaired) electrons. The van der Waals surface area contributed by atoms with E-state index >= 15 is 0 Å². The average molecular weight is 434 g/mol. The SMILES string of the molecule is CCOc1ccc(Nc2ncccc2C(=O)OCC(=O)N(CC)Cc2ccccc2)cc1. The summed E-state index contributed by atoms with van der Waals surface area (Å²) in [6, 6.07) is 20.3. The number of carbonyl (C=O) groups is 2. The van der Waals surface area contributed by atoms with E-state index in [4.69, 9.17) is 9.47 Å². The number of hydrogen-bond donors (Lipinski definition) is 1. The molecular formula is C25H27N3O4. The molecule has 0 bridgehead atoms. The maximum atomic E-state index is 12.7. The smallest absolute Gasteiger partial charge is 0.342 e. The third kappa shape index (κ3) is 6.31. The Labute approximate surface area is 188 Å². The van der Waals surface area contributed by atoms with E-state index in [1.54, 1.807) is 23.2 Å². The molecule has 1 heterocycles. The maximum Gasteiger partial charge on any atom is 0.342 e. The Balaban J connectivity index is 1.62. The molecule has 3 aromatic rings. The largest absolute Gasteiger partial charge is 0.494 e. The highest BCUT2D eigenvalue weighted by Gasteiger charge is 2.18. The van der Waals surface area contributed by atoms with Gasteiger partial charge in [0, 0.05) is 25.0 Å². The number of aromatic nitrogens is 1. The van der Waals surface area contributed by atoms with E-state index in [9.17, 15) is 9.59 Å². The van der Waals surface area contributed by atoms with Crippen molar-refractivity contribution in [2.24, 2.45) is 0 Å². The van der Waals surface area contributed by atoms with Crippen molar-refractivity contribution in [3.8, 4) is 5.75 Å². The molecule has 0 aliphatic heterocycles. The molecule has 1 amide bonds. The monoisotopic (exact) mass is 433 g/mol. The Bertz CT molecular complexity index is 1020. The number of hydrogen-bond acceptors (Lipinski definition) is 6. The van der Waals surface area contributed by atoms with E-state index in [1.807, 2.05) is 68.4 Å². The minimum absolute atomic E-state index is 0.250. The number of amides is 1. The van der Waals surface area contributed by atoms with Crippen LogP contribution in [0.3, 0.4) is 0 Å². The van der Waals surface area contributed by atoms with E-state index in [1.165, 1.54) is 0 Å². The van der Waals surface area contributed by atoms with Gasteiger partial charge in [0.2, 0.25) is 0 Å². The highest BCUT2D eigenvalue weighted by molar-refractivity contribution is 5.96. The summed E-state index contributed by atoms with van der Waals surface area (Å²) in [6.07, 6.45) is 1.58. The van der Waals surface area contributed by atoms with Gasteiger partial charge in [-0.25, -0.2) is 9.78 Å². The van der Waals surface area contributed by atoms with Gasteiger partial charge >= 0.3 is 5.97 Å². The van der Waals surface area contributed by atoms with Crippen molar-refractivity contribution in [1.82, 2.24) is 9.88 Å². The molecule has 0 spiro atoms. The van der Waals surface area contributed by atoms with Gasteiger partial charge in [-0.05, 0) is 55.8 Å². The summed E-state index contributed by atoms with van der Waals surface area (Å²) in [7, 11) is 0. The first-order valence-corrected chi connectivity index (χ1v) is 10.5. The molecule has 0 fully saturated rings. The molecule has 1 aromatic heterocycles. The molecule has 0 aliphatic rings. The summed E-state index contributed by atoms with van der Waals surface area (Å²) in [5.74, 6) is 0.240. The number of likely N-dealkylation sites (N-methyl/N-ethyl adjacent to an activating group) is 1. The summed E-state index contributed by atoms with van der Waals surface area (Å²) in [5.41, 5.74) is 2.01. The normalized spacial score (nSPS) is 10.3. The van der Waals surface area contributed by atoms with Crippen LogP contribution in [0.15, 0.2) is 72.9 Å². The summed E-state index contributed by atoms with van der Waals surface area (Å²) >= 11 is 0. The fourth-order valence-electron chi connectivity index (χ4n) is 3.08. The highest BCUT2D eigenvalue weighted by Crippen LogP contribution is 2.22. The second-order valence-electron chi connectivity index (χ2n) is 6.95. The lowest BCUT2D eigenvalue weighted by molar-refractivity contribution is -0.134. The fourth-order valence-corrected chi connectivity index (χ4v) is 3.08. The van der Waals surface area contributed by atoms with Gasteiger partial charge in [0.05, 0.1) is 6.61 Å². The van der Waals surface area contributed by atoms with Crippen molar-refractivity contribution in [1.29, 1.82) is 0 Å². The first kappa shape index (κ1) is 22.8. The molecule has 7 nitrogen and oxygen atoms in total. The van der Waals surface area contributed by atoms with Gasteiger partial charge in [-0.15, -0.1) is 0 Å². The maximum absolute atomic E-state index is 12.7. The van der Waals surface area contributed by atoms with Crippen LogP contribution in [0.2, 0.25) is 0 Å². The summed E-state index contributed by atoms with van der Waals surface area (Å²) in [4.78, 5) is 31.2. The van der Waals surface area contributed by atoms with E-state index in [2.05, 4.69) is 10.3 Å². The number of esters is 1. The van der Waals surface area contributed by atoms with Gasteiger partial charge in [-0.1, -0.05) is 30.3 Å². The van der Waals surface area contributed by atoms with Gasteiger partial charge in [0.25, 0.3) is 5.91 Å². The third-order valence-electron chi connectivity index (χ3n) is 4.73. The van der Waals surface area contributed by atoms with Crippen molar-refractivity contribution in [3.05, 3.63) is 84.1 Å². The van der Waals surface area contributed by atoms with Gasteiger partial charge in [-0.3, -0.25) is 4.79 Å². The second kappa shape index (κ2) is 11.5. The predicted octanol–water partition coefficient (Wildman–Crippen LogP) is 4.43. The zero-order valence-corrected chi connectivity index (χ0v) is 18.3. The van der Waals surface area contributed by atoms with Gasteiger partial charge in [0.1, 0.15) is 17.1 Å². The van der Waals surface area contributed by atoms with Gasteiger partial charge in [-0.2, -0.15) is 0 Å². The number of pyridine rings is 1. The molecule has 32 heavy (non-hydrogen) atoms. The molecular weight excluding hydrogens is 406 g/mol. The zero-order chi connectivity index (χ0) is 22.8. The van der Waals surface area contributed by atoms with Crippen LogP contribution in [-0.4, -0.2) is 41.5 Å². The van der Waals surface area contributed by atoms with E-state index in [0.717, 1.165) is 17.0 Å². The van der Waals surface area contributed by atoms with Gasteiger partial charge in [0.15, 0.2) is 6.61 Å². The van der Waals surface area contributed by atoms with Crippen molar-refractivity contribution in [2.45, 2.75) is 20.4 Å². The lowest BCUT2D eigenvalue weighted by Gasteiger charge is -2.21. The first-order valence-electron chi connectivity index (χ1n) is 10.5. The van der Waals surface area contributed by atoms with Crippen molar-refractivity contribution in [3.63, 3.8) is 0 Å². The molecule has 166 valence electrons.